The summed E-state index contributed by atoms with van der Waals surface area (Å²) in [5, 5.41) is 6.46. The highest BCUT2D eigenvalue weighted by molar-refractivity contribution is 7.91. The maximum Gasteiger partial charge on any atom is 0.271 e. The summed E-state index contributed by atoms with van der Waals surface area (Å²) in [7, 11) is -7.39. The van der Waals surface area contributed by atoms with E-state index in [2.05, 4.69) is 20.6 Å². The standard InChI is InChI=1S/C29H34F2N4O5S.C25H27F2N3O4S/c1-17-32-27-22(14-20(15-23(36)18-6-7-18)33-28(27)35(17)26-5-3-4-12-39-26)34-21-9-8-19(13-25(21)41(2,37)38)24-10-11-29(30,31)16-40-24;1-14-9-19-24(28-14)20(11-17(29-19)12-21(31)15-3-4-15)30-18-6-5-16(10-23(18)35(2,32)33)22-7-8-25(26,27)13-34-22/h8-9,13-14,18,24,26H,3-7,10-12,15-16H2,1-2H3,(H,33,34);5-6,10-11,15,22H,3-4,7-9,12-13H2,1-2H3,(H,29,30)/t24-,26?;22-/m11/s1. The zero-order valence-corrected chi connectivity index (χ0v) is 44.4. The van der Waals surface area contributed by atoms with Gasteiger partial charge in [-0.3, -0.25) is 24.1 Å². The maximum atomic E-state index is 13.6. The van der Waals surface area contributed by atoms with Crippen LogP contribution in [0.3, 0.4) is 0 Å². The van der Waals surface area contributed by atoms with Gasteiger partial charge in [0.05, 0.1) is 61.8 Å². The third kappa shape index (κ3) is 12.4. The van der Waals surface area contributed by atoms with Crippen molar-refractivity contribution in [2.24, 2.45) is 16.8 Å². The Hall–Kier alpha value is -5.68. The predicted molar refractivity (Wildman–Crippen MR) is 276 cm³/mol. The van der Waals surface area contributed by atoms with Crippen LogP contribution in [0.4, 0.5) is 46.0 Å². The summed E-state index contributed by atoms with van der Waals surface area (Å²) in [6.45, 7) is 3.03. The number of ketones is 2. The molecule has 4 aliphatic heterocycles. The van der Waals surface area contributed by atoms with Crippen LogP contribution in [0.25, 0.3) is 11.2 Å². The molecule has 0 amide bonds. The van der Waals surface area contributed by atoms with Gasteiger partial charge >= 0.3 is 0 Å². The molecule has 6 aliphatic rings. The molecule has 406 valence electrons. The number of rotatable bonds is 15. The number of benzene rings is 2. The van der Waals surface area contributed by atoms with Crippen molar-refractivity contribution in [3.63, 3.8) is 0 Å². The molecule has 2 saturated carbocycles. The summed E-state index contributed by atoms with van der Waals surface area (Å²) in [4.78, 5) is 44.0. The van der Waals surface area contributed by atoms with Crippen LogP contribution >= 0.6 is 0 Å². The normalized spacial score (nSPS) is 22.3. The number of alkyl halides is 4. The molecule has 5 fully saturated rings. The minimum absolute atomic E-state index is 0.0169. The summed E-state index contributed by atoms with van der Waals surface area (Å²) >= 11 is 0. The van der Waals surface area contributed by atoms with Crippen LogP contribution < -0.4 is 10.6 Å². The van der Waals surface area contributed by atoms with Crippen molar-refractivity contribution >= 4 is 76.6 Å². The Bertz CT molecular complexity index is 3350. The molecule has 76 heavy (non-hydrogen) atoms. The highest BCUT2D eigenvalue weighted by Crippen LogP contribution is 2.43. The van der Waals surface area contributed by atoms with Crippen molar-refractivity contribution < 1.29 is 58.2 Å². The lowest BCUT2D eigenvalue weighted by Crippen LogP contribution is -2.31. The van der Waals surface area contributed by atoms with Gasteiger partial charge in [0, 0.05) is 68.8 Å². The van der Waals surface area contributed by atoms with Gasteiger partial charge in [0.15, 0.2) is 25.3 Å². The van der Waals surface area contributed by atoms with E-state index in [-0.39, 0.29) is 77.9 Å². The number of sulfone groups is 2. The lowest BCUT2D eigenvalue weighted by molar-refractivity contribution is -0.145. The number of carbonyl (C=O) groups is 2. The van der Waals surface area contributed by atoms with Crippen molar-refractivity contribution in [3.8, 4) is 0 Å². The highest BCUT2D eigenvalue weighted by Gasteiger charge is 2.39. The van der Waals surface area contributed by atoms with E-state index in [0.29, 0.717) is 81.0 Å². The van der Waals surface area contributed by atoms with E-state index in [4.69, 9.17) is 24.2 Å². The number of imidazole rings is 1. The largest absolute Gasteiger partial charge is 0.367 e. The molecule has 2 aromatic carbocycles. The van der Waals surface area contributed by atoms with Crippen molar-refractivity contribution in [2.75, 3.05) is 43.0 Å². The second-order valence-corrected chi connectivity index (χ2v) is 25.2. The summed E-state index contributed by atoms with van der Waals surface area (Å²) < 4.78 is 124. The van der Waals surface area contributed by atoms with Crippen LogP contribution in [0.15, 0.2) is 63.3 Å². The molecule has 7 heterocycles. The van der Waals surface area contributed by atoms with E-state index in [9.17, 15) is 44.0 Å². The Morgan fingerprint density at radius 2 is 1.18 bits per heavy atom. The minimum Gasteiger partial charge on any atom is -0.367 e. The first-order valence-electron chi connectivity index (χ1n) is 25.8. The van der Waals surface area contributed by atoms with Crippen LogP contribution in [0.2, 0.25) is 0 Å². The molecule has 22 heteroatoms. The molecule has 2 N–H and O–H groups in total. The van der Waals surface area contributed by atoms with Gasteiger partial charge in [-0.15, -0.1) is 0 Å². The van der Waals surface area contributed by atoms with Crippen LogP contribution in [-0.2, 0) is 62.7 Å². The fourth-order valence-electron chi connectivity index (χ4n) is 10.2. The average molecular weight is 1090 g/mol. The van der Waals surface area contributed by atoms with Crippen molar-refractivity contribution in [2.45, 2.75) is 144 Å². The first-order chi connectivity index (χ1) is 36.0. The number of ether oxygens (including phenoxy) is 3. The molecule has 3 atom stereocenters. The summed E-state index contributed by atoms with van der Waals surface area (Å²) in [6.07, 6.45) is 7.75. The smallest absolute Gasteiger partial charge is 0.271 e. The minimum atomic E-state index is -3.72. The summed E-state index contributed by atoms with van der Waals surface area (Å²) in [5.41, 5.74) is 7.40. The lowest BCUT2D eigenvalue weighted by atomic mass is 9.99. The molecular formula is C54H61F4N7O9S2. The Morgan fingerprint density at radius 1 is 0.658 bits per heavy atom. The van der Waals surface area contributed by atoms with E-state index in [1.165, 1.54) is 12.1 Å². The SMILES string of the molecule is CC1=Nc2c(Nc3ccc([C@H]4CCC(F)(F)CO4)cc3S(C)(=O)=O)cc(CC(=O)C3CC3)nc2C1.Cc1nc2c(Nc3ccc([C@H]4CCC(F)(F)CO4)cc3S(C)(=O)=O)cc(CC(=O)C3CC3)nc2n1C1CCCCO1. The molecule has 1 unspecified atom stereocenters. The molecule has 0 spiro atoms. The number of pyridine rings is 2. The van der Waals surface area contributed by atoms with Gasteiger partial charge in [-0.2, -0.15) is 0 Å². The monoisotopic (exact) mass is 1090 g/mol. The molecule has 16 nitrogen and oxygen atoms in total. The van der Waals surface area contributed by atoms with Gasteiger partial charge < -0.3 is 24.8 Å². The molecule has 11 rings (SSSR count). The molecule has 5 aromatic rings. The zero-order valence-electron chi connectivity index (χ0n) is 42.8. The second kappa shape index (κ2) is 20.9. The van der Waals surface area contributed by atoms with Gasteiger partial charge in [0.2, 0.25) is 0 Å². The van der Waals surface area contributed by atoms with E-state index in [1.807, 2.05) is 18.4 Å². The number of anilines is 4. The number of nitrogens with one attached hydrogen (secondary N) is 2. The maximum absolute atomic E-state index is 13.6. The van der Waals surface area contributed by atoms with Crippen molar-refractivity contribution in [3.05, 3.63) is 82.6 Å². The number of fused-ring (bicyclic) bond motifs is 2. The van der Waals surface area contributed by atoms with Gasteiger partial charge in [-0.05, 0) is 119 Å². The van der Waals surface area contributed by atoms with E-state index in [1.54, 1.807) is 36.4 Å². The number of aryl methyl sites for hydroxylation is 1. The van der Waals surface area contributed by atoms with Crippen LogP contribution in [0, 0.1) is 18.8 Å². The third-order valence-electron chi connectivity index (χ3n) is 14.6. The van der Waals surface area contributed by atoms with E-state index < -0.39 is 56.9 Å². The van der Waals surface area contributed by atoms with Crippen molar-refractivity contribution in [1.29, 1.82) is 0 Å². The quantitative estimate of drug-likeness (QED) is 0.0935. The Morgan fingerprint density at radius 3 is 1.67 bits per heavy atom. The molecule has 0 bridgehead atoms. The molecule has 3 saturated heterocycles. The van der Waals surface area contributed by atoms with Gasteiger partial charge in [0.25, 0.3) is 11.8 Å². The number of aliphatic imine (C=N–C) groups is 1. The first kappa shape index (κ1) is 53.7. The van der Waals surface area contributed by atoms with Gasteiger partial charge in [0.1, 0.15) is 48.0 Å². The predicted octanol–water partition coefficient (Wildman–Crippen LogP) is 10.5. The Balaban J connectivity index is 0.000000175. The van der Waals surface area contributed by atoms with Crippen LogP contribution in [-0.4, -0.2) is 97.8 Å². The van der Waals surface area contributed by atoms with E-state index in [0.717, 1.165) is 68.9 Å². The fourth-order valence-corrected chi connectivity index (χ4v) is 12.0. The second-order valence-electron chi connectivity index (χ2n) is 21.2. The molecule has 3 aromatic heterocycles. The highest BCUT2D eigenvalue weighted by atomic mass is 32.2. The molecule has 0 radical (unpaired) electrons. The Kier molecular flexibility index (Phi) is 14.8. The fraction of sp³-hybridized carbons (Fsp3) is 0.519. The number of aromatic nitrogens is 4. The first-order valence-corrected chi connectivity index (χ1v) is 29.6. The topological polar surface area (TPSA) is 210 Å². The number of hydrogen-bond acceptors (Lipinski definition) is 15. The number of halogens is 4. The zero-order chi connectivity index (χ0) is 53.9. The number of carbonyl (C=O) groups excluding carboxylic acids is 2. The molecule has 2 aliphatic carbocycles. The third-order valence-corrected chi connectivity index (χ3v) is 16.8. The van der Waals surface area contributed by atoms with Gasteiger partial charge in [-0.1, -0.05) is 12.1 Å². The van der Waals surface area contributed by atoms with Gasteiger partial charge in [-0.25, -0.2) is 44.4 Å². The number of hydrogen-bond donors (Lipinski definition) is 2. The van der Waals surface area contributed by atoms with Crippen LogP contribution in [0.1, 0.15) is 130 Å². The summed E-state index contributed by atoms with van der Waals surface area (Å²) in [6, 6.07) is 13.1. The van der Waals surface area contributed by atoms with Crippen molar-refractivity contribution in [1.82, 2.24) is 19.5 Å². The average Bonchev–Trinajstić information content (AvgIpc) is 4.30. The Labute approximate surface area is 438 Å². The van der Waals surface area contributed by atoms with E-state index >= 15 is 0 Å². The summed E-state index contributed by atoms with van der Waals surface area (Å²) in [5.74, 6) is -4.55. The molecular weight excluding hydrogens is 1030 g/mol. The number of nitrogens with zero attached hydrogens (tertiary/aromatic N) is 5. The lowest BCUT2D eigenvalue weighted by Gasteiger charge is -2.29. The van der Waals surface area contributed by atoms with Crippen LogP contribution in [0.5, 0.6) is 0 Å². The number of Topliss-reactive ketones (excluding diaryl/α,β-unsaturated/α-hetero) is 2.